The van der Waals surface area contributed by atoms with Crippen molar-refractivity contribution in [2.24, 2.45) is 11.8 Å². The molecule has 1 heterocycles. The molecule has 0 bridgehead atoms. The largest absolute Gasteiger partial charge is 0.375 e. The Hall–Kier alpha value is -0.0800. The number of likely N-dealkylation sites (tertiary alicyclic amines) is 1. The summed E-state index contributed by atoms with van der Waals surface area (Å²) in [6.45, 7) is 15.3. The summed E-state index contributed by atoms with van der Waals surface area (Å²) in [6.07, 6.45) is 10.8. The fourth-order valence-electron chi connectivity index (χ4n) is 3.31. The van der Waals surface area contributed by atoms with E-state index in [4.69, 9.17) is 4.74 Å². The molecule has 0 aromatic rings. The number of hydrogen-bond acceptors (Lipinski definition) is 2. The van der Waals surface area contributed by atoms with Crippen LogP contribution in [0.4, 0.5) is 0 Å². The summed E-state index contributed by atoms with van der Waals surface area (Å²) in [4.78, 5) is 2.36. The van der Waals surface area contributed by atoms with Gasteiger partial charge < -0.3 is 9.64 Å². The number of ether oxygens (including phenoxy) is 1. The lowest BCUT2D eigenvalue weighted by molar-refractivity contribution is -0.0232. The molecule has 0 spiro atoms. The van der Waals surface area contributed by atoms with Gasteiger partial charge in [0.15, 0.2) is 0 Å². The van der Waals surface area contributed by atoms with Crippen molar-refractivity contribution in [3.8, 4) is 0 Å². The summed E-state index contributed by atoms with van der Waals surface area (Å²) in [7, 11) is 2.17. The molecule has 134 valence electrons. The molecule has 0 unspecified atom stereocenters. The van der Waals surface area contributed by atoms with Gasteiger partial charge in [0.05, 0.1) is 12.2 Å². The Labute approximate surface area is 141 Å². The first kappa shape index (κ1) is 21.9. The van der Waals surface area contributed by atoms with Crippen molar-refractivity contribution in [3.05, 3.63) is 0 Å². The van der Waals surface area contributed by atoms with Gasteiger partial charge in [0.1, 0.15) is 0 Å². The summed E-state index contributed by atoms with van der Waals surface area (Å²) >= 11 is 0. The van der Waals surface area contributed by atoms with Crippen molar-refractivity contribution < 1.29 is 4.74 Å². The van der Waals surface area contributed by atoms with Crippen LogP contribution in [0.1, 0.15) is 86.5 Å². The minimum Gasteiger partial charge on any atom is -0.375 e. The van der Waals surface area contributed by atoms with E-state index in [0.29, 0.717) is 12.2 Å². The quantitative estimate of drug-likeness (QED) is 0.657. The van der Waals surface area contributed by atoms with Crippen LogP contribution in [0, 0.1) is 11.8 Å². The molecule has 2 heteroatoms. The van der Waals surface area contributed by atoms with Gasteiger partial charge >= 0.3 is 0 Å². The summed E-state index contributed by atoms with van der Waals surface area (Å²) < 4.78 is 5.71. The van der Waals surface area contributed by atoms with Crippen LogP contribution in [0.2, 0.25) is 0 Å². The van der Waals surface area contributed by atoms with Gasteiger partial charge in [-0.2, -0.15) is 0 Å². The van der Waals surface area contributed by atoms with Gasteiger partial charge in [-0.25, -0.2) is 0 Å². The third kappa shape index (κ3) is 10.6. The van der Waals surface area contributed by atoms with Crippen molar-refractivity contribution in [3.63, 3.8) is 0 Å². The molecule has 2 aliphatic rings. The van der Waals surface area contributed by atoms with E-state index in [1.165, 1.54) is 58.0 Å². The summed E-state index contributed by atoms with van der Waals surface area (Å²) in [5.74, 6) is 1.99. The van der Waals surface area contributed by atoms with E-state index in [9.17, 15) is 0 Å². The number of hydrogen-bond donors (Lipinski definition) is 0. The Morgan fingerprint density at radius 1 is 0.818 bits per heavy atom. The maximum absolute atomic E-state index is 5.71. The lowest BCUT2D eigenvalue weighted by Gasteiger charge is -2.30. The molecule has 2 fully saturated rings. The molecule has 2 nitrogen and oxygen atoms in total. The van der Waals surface area contributed by atoms with Gasteiger partial charge in [0.25, 0.3) is 0 Å². The summed E-state index contributed by atoms with van der Waals surface area (Å²) in [5, 5.41) is 0. The topological polar surface area (TPSA) is 12.5 Å². The van der Waals surface area contributed by atoms with E-state index in [1.807, 2.05) is 13.8 Å². The SMILES string of the molecule is CC.CC(C)C1CCCCC1.CC(C)OC1CCN(C)CC1. The van der Waals surface area contributed by atoms with Gasteiger partial charge in [-0.15, -0.1) is 0 Å². The first-order valence-corrected chi connectivity index (χ1v) is 9.83. The average Bonchev–Trinajstić information content (AvgIpc) is 2.53. The molecule has 0 aromatic carbocycles. The normalized spacial score (nSPS) is 21.1. The zero-order chi connectivity index (χ0) is 17.0. The van der Waals surface area contributed by atoms with Crippen LogP contribution < -0.4 is 0 Å². The van der Waals surface area contributed by atoms with E-state index < -0.39 is 0 Å². The smallest absolute Gasteiger partial charge is 0.0603 e. The fraction of sp³-hybridized carbons (Fsp3) is 1.00. The minimum absolute atomic E-state index is 0.392. The lowest BCUT2D eigenvalue weighted by atomic mass is 9.82. The predicted octanol–water partition coefficient (Wildman–Crippen LogP) is 5.75. The Morgan fingerprint density at radius 2 is 1.32 bits per heavy atom. The maximum atomic E-state index is 5.71. The molecular formula is C20H43NO. The van der Waals surface area contributed by atoms with E-state index >= 15 is 0 Å². The number of rotatable bonds is 3. The van der Waals surface area contributed by atoms with Crippen molar-refractivity contribution >= 4 is 0 Å². The van der Waals surface area contributed by atoms with Crippen LogP contribution in [-0.2, 0) is 4.74 Å². The first-order chi connectivity index (χ1) is 10.5. The third-order valence-electron chi connectivity index (χ3n) is 4.72. The maximum Gasteiger partial charge on any atom is 0.0603 e. The molecule has 1 saturated heterocycles. The van der Waals surface area contributed by atoms with Gasteiger partial charge in [0, 0.05) is 13.1 Å². The minimum atomic E-state index is 0.392. The second-order valence-corrected chi connectivity index (χ2v) is 7.33. The zero-order valence-electron chi connectivity index (χ0n) is 16.5. The highest BCUT2D eigenvalue weighted by molar-refractivity contribution is 4.70. The Balaban J connectivity index is 0.000000366. The molecule has 1 aliphatic heterocycles. The molecular weight excluding hydrogens is 270 g/mol. The fourth-order valence-corrected chi connectivity index (χ4v) is 3.31. The van der Waals surface area contributed by atoms with Crippen LogP contribution in [-0.4, -0.2) is 37.2 Å². The van der Waals surface area contributed by atoms with Crippen molar-refractivity contribution in [2.45, 2.75) is 98.7 Å². The Morgan fingerprint density at radius 3 is 1.68 bits per heavy atom. The van der Waals surface area contributed by atoms with Crippen LogP contribution >= 0.6 is 0 Å². The Kier molecular flexibility index (Phi) is 13.3. The van der Waals surface area contributed by atoms with Gasteiger partial charge in [-0.3, -0.25) is 0 Å². The van der Waals surface area contributed by atoms with E-state index in [1.54, 1.807) is 0 Å². The van der Waals surface area contributed by atoms with Crippen molar-refractivity contribution in [1.82, 2.24) is 4.90 Å². The van der Waals surface area contributed by atoms with E-state index in [2.05, 4.69) is 39.6 Å². The molecule has 1 saturated carbocycles. The van der Waals surface area contributed by atoms with Crippen LogP contribution in [0.25, 0.3) is 0 Å². The molecule has 1 aliphatic carbocycles. The second kappa shape index (κ2) is 13.4. The second-order valence-electron chi connectivity index (χ2n) is 7.33. The van der Waals surface area contributed by atoms with E-state index in [0.717, 1.165) is 11.8 Å². The van der Waals surface area contributed by atoms with Crippen molar-refractivity contribution in [1.29, 1.82) is 0 Å². The molecule has 0 radical (unpaired) electrons. The average molecular weight is 314 g/mol. The lowest BCUT2D eigenvalue weighted by Crippen LogP contribution is -2.35. The van der Waals surface area contributed by atoms with Gasteiger partial charge in [0.2, 0.25) is 0 Å². The molecule has 22 heavy (non-hydrogen) atoms. The highest BCUT2D eigenvalue weighted by Gasteiger charge is 2.17. The third-order valence-corrected chi connectivity index (χ3v) is 4.72. The number of piperidine rings is 1. The van der Waals surface area contributed by atoms with E-state index in [-0.39, 0.29) is 0 Å². The van der Waals surface area contributed by atoms with Gasteiger partial charge in [-0.05, 0) is 45.6 Å². The molecule has 0 aromatic heterocycles. The van der Waals surface area contributed by atoms with Gasteiger partial charge in [-0.1, -0.05) is 59.8 Å². The molecule has 0 atom stereocenters. The van der Waals surface area contributed by atoms with Crippen LogP contribution in [0.15, 0.2) is 0 Å². The molecule has 0 amide bonds. The van der Waals surface area contributed by atoms with Crippen LogP contribution in [0.3, 0.4) is 0 Å². The predicted molar refractivity (Wildman–Crippen MR) is 99.5 cm³/mol. The van der Waals surface area contributed by atoms with Crippen LogP contribution in [0.5, 0.6) is 0 Å². The first-order valence-electron chi connectivity index (χ1n) is 9.83. The summed E-state index contributed by atoms with van der Waals surface area (Å²) in [5.41, 5.74) is 0. The highest BCUT2D eigenvalue weighted by atomic mass is 16.5. The number of nitrogens with zero attached hydrogens (tertiary/aromatic N) is 1. The highest BCUT2D eigenvalue weighted by Crippen LogP contribution is 2.29. The monoisotopic (exact) mass is 313 g/mol. The molecule has 0 N–H and O–H groups in total. The summed E-state index contributed by atoms with van der Waals surface area (Å²) in [6, 6.07) is 0. The van der Waals surface area contributed by atoms with Crippen molar-refractivity contribution in [2.75, 3.05) is 20.1 Å². The standard InChI is InChI=1S/C9H19NO.C9H18.C2H6/c1-8(2)11-9-4-6-10(3)7-5-9;1-8(2)9-6-4-3-5-7-9;1-2/h8-9H,4-7H2,1-3H3;8-9H,3-7H2,1-2H3;1-2H3. The Bertz CT molecular complexity index is 226. The molecule has 2 rings (SSSR count). The zero-order valence-corrected chi connectivity index (χ0v) is 16.5.